The van der Waals surface area contributed by atoms with Gasteiger partial charge in [-0.25, -0.2) is 0 Å². The molecule has 0 N–H and O–H groups in total. The molecule has 0 saturated carbocycles. The molecule has 0 spiro atoms. The van der Waals surface area contributed by atoms with Gasteiger partial charge in [-0.1, -0.05) is 11.2 Å². The Morgan fingerprint density at radius 3 is 3.17 bits per heavy atom. The molecule has 3 nitrogen and oxygen atoms in total. The molecule has 1 aromatic heterocycles. The predicted molar refractivity (Wildman–Crippen MR) is 48.5 cm³/mol. The minimum Gasteiger partial charge on any atom is -0.395 e. The predicted octanol–water partition coefficient (Wildman–Crippen LogP) is 1.69. The summed E-state index contributed by atoms with van der Waals surface area (Å²) >= 11 is 1.46. The van der Waals surface area contributed by atoms with Crippen LogP contribution in [0.1, 0.15) is 11.8 Å². The molecule has 1 heterocycles. The maximum Gasteiger partial charge on any atom is 0.173 e. The van der Waals surface area contributed by atoms with Crippen LogP contribution in [0.2, 0.25) is 0 Å². The van der Waals surface area contributed by atoms with E-state index in [2.05, 4.69) is 5.16 Å². The van der Waals surface area contributed by atoms with Gasteiger partial charge in [0.15, 0.2) is 12.0 Å². The highest BCUT2D eigenvalue weighted by atomic mass is 32.1. The second-order valence-electron chi connectivity index (χ2n) is 1.99. The van der Waals surface area contributed by atoms with Crippen molar-refractivity contribution < 1.29 is 9.63 Å². The van der Waals surface area contributed by atoms with Crippen LogP contribution < -0.4 is 0 Å². The Labute approximate surface area is 74.7 Å². The molecule has 0 aliphatic carbocycles. The Balaban J connectivity index is 2.76. The number of hydrogen-bond acceptors (Lipinski definition) is 4. The molecule has 0 amide bonds. The maximum absolute atomic E-state index is 10.5. The summed E-state index contributed by atoms with van der Waals surface area (Å²) in [6, 6.07) is 3.70. The lowest BCUT2D eigenvalue weighted by Gasteiger charge is -1.94. The van der Waals surface area contributed by atoms with Crippen LogP contribution in [0, 0.1) is 0 Å². The molecule has 0 saturated heterocycles. The van der Waals surface area contributed by atoms with Crippen molar-refractivity contribution in [2.24, 2.45) is 5.16 Å². The van der Waals surface area contributed by atoms with Crippen LogP contribution in [0.5, 0.6) is 0 Å². The maximum atomic E-state index is 10.5. The van der Waals surface area contributed by atoms with Gasteiger partial charge in [0.2, 0.25) is 0 Å². The van der Waals surface area contributed by atoms with Gasteiger partial charge < -0.3 is 4.84 Å². The number of hydrogen-bond donors (Lipinski definition) is 0. The van der Waals surface area contributed by atoms with Gasteiger partial charge in [0.25, 0.3) is 0 Å². The van der Waals surface area contributed by atoms with E-state index in [-0.39, 0.29) is 0 Å². The largest absolute Gasteiger partial charge is 0.395 e. The molecule has 0 unspecified atom stereocenters. The summed E-state index contributed by atoms with van der Waals surface area (Å²) in [7, 11) is 0. The lowest BCUT2D eigenvalue weighted by molar-refractivity contribution is -0.102. The highest BCUT2D eigenvalue weighted by molar-refractivity contribution is 7.12. The lowest BCUT2D eigenvalue weighted by Crippen LogP contribution is -2.00. The number of nitrogens with zero attached hydrogens (tertiary/aromatic N) is 1. The Bertz CT molecular complexity index is 267. The first-order valence-corrected chi connectivity index (χ1v) is 4.45. The molecule has 12 heavy (non-hydrogen) atoms. The summed E-state index contributed by atoms with van der Waals surface area (Å²) in [5.74, 6) is 0. The van der Waals surface area contributed by atoms with E-state index in [1.165, 1.54) is 11.3 Å². The smallest absolute Gasteiger partial charge is 0.173 e. The first kappa shape index (κ1) is 8.93. The molecule has 0 aliphatic rings. The van der Waals surface area contributed by atoms with Crippen molar-refractivity contribution in [2.45, 2.75) is 6.92 Å². The third-order valence-electron chi connectivity index (χ3n) is 1.18. The van der Waals surface area contributed by atoms with Gasteiger partial charge in [-0.2, -0.15) is 0 Å². The molecule has 0 radical (unpaired) electrons. The summed E-state index contributed by atoms with van der Waals surface area (Å²) in [4.78, 5) is 16.1. The monoisotopic (exact) mass is 183 g/mol. The number of thiophene rings is 1. The number of rotatable bonds is 4. The zero-order chi connectivity index (χ0) is 8.81. The van der Waals surface area contributed by atoms with E-state index in [4.69, 9.17) is 4.84 Å². The van der Waals surface area contributed by atoms with E-state index in [9.17, 15) is 4.79 Å². The van der Waals surface area contributed by atoms with Crippen LogP contribution >= 0.6 is 11.3 Å². The summed E-state index contributed by atoms with van der Waals surface area (Å²) in [5.41, 5.74) is 0.354. The quantitative estimate of drug-likeness (QED) is 0.405. The van der Waals surface area contributed by atoms with Gasteiger partial charge in [0.05, 0.1) is 4.88 Å². The van der Waals surface area contributed by atoms with Gasteiger partial charge in [-0.3, -0.25) is 4.79 Å². The second kappa shape index (κ2) is 4.66. The van der Waals surface area contributed by atoms with Crippen molar-refractivity contribution in [1.29, 1.82) is 0 Å². The summed E-state index contributed by atoms with van der Waals surface area (Å²) < 4.78 is 0. The number of carbonyl (C=O) groups is 1. The van der Waals surface area contributed by atoms with Gasteiger partial charge in [0.1, 0.15) is 6.61 Å². The molecule has 0 bridgehead atoms. The first-order valence-electron chi connectivity index (χ1n) is 3.57. The zero-order valence-corrected chi connectivity index (χ0v) is 7.50. The van der Waals surface area contributed by atoms with Gasteiger partial charge in [-0.15, -0.1) is 11.3 Å². The second-order valence-corrected chi connectivity index (χ2v) is 2.94. The van der Waals surface area contributed by atoms with E-state index in [0.29, 0.717) is 18.6 Å². The molecular weight excluding hydrogens is 174 g/mol. The van der Waals surface area contributed by atoms with Crippen molar-refractivity contribution in [3.05, 3.63) is 22.4 Å². The fourth-order valence-electron chi connectivity index (χ4n) is 0.683. The average molecular weight is 183 g/mol. The fourth-order valence-corrected chi connectivity index (χ4v) is 1.35. The minimum atomic E-state index is 0.354. The Kier molecular flexibility index (Phi) is 3.47. The van der Waals surface area contributed by atoms with Crippen LogP contribution in [0.25, 0.3) is 0 Å². The molecule has 0 aromatic carbocycles. The zero-order valence-electron chi connectivity index (χ0n) is 6.69. The number of aldehydes is 1. The number of oxime groups is 1. The molecule has 1 rings (SSSR count). The van der Waals surface area contributed by atoms with E-state index in [0.717, 1.165) is 4.88 Å². The fraction of sp³-hybridized carbons (Fsp3) is 0.250. The third-order valence-corrected chi connectivity index (χ3v) is 2.07. The SMILES string of the molecule is CCO/N=C(/C=O)c1cccs1. The molecule has 0 atom stereocenters. The van der Waals surface area contributed by atoms with Crippen LogP contribution in [-0.2, 0) is 9.63 Å². The van der Waals surface area contributed by atoms with E-state index in [1.54, 1.807) is 0 Å². The van der Waals surface area contributed by atoms with Crippen molar-refractivity contribution in [3.8, 4) is 0 Å². The van der Waals surface area contributed by atoms with Crippen LogP contribution in [0.3, 0.4) is 0 Å². The highest BCUT2D eigenvalue weighted by Crippen LogP contribution is 2.08. The van der Waals surface area contributed by atoms with E-state index in [1.807, 2.05) is 24.4 Å². The van der Waals surface area contributed by atoms with Crippen molar-refractivity contribution in [1.82, 2.24) is 0 Å². The van der Waals surface area contributed by atoms with Crippen molar-refractivity contribution >= 4 is 23.3 Å². The number of carbonyl (C=O) groups excluding carboxylic acids is 1. The first-order chi connectivity index (χ1) is 5.88. The molecule has 0 fully saturated rings. The molecule has 64 valence electrons. The molecule has 4 heteroatoms. The van der Waals surface area contributed by atoms with E-state index >= 15 is 0 Å². The Hall–Kier alpha value is -1.16. The Morgan fingerprint density at radius 1 is 1.83 bits per heavy atom. The summed E-state index contributed by atoms with van der Waals surface area (Å²) in [5, 5.41) is 5.55. The molecular formula is C8H9NO2S. The summed E-state index contributed by atoms with van der Waals surface area (Å²) in [6.07, 6.45) is 0.696. The average Bonchev–Trinajstić information content (AvgIpc) is 2.59. The van der Waals surface area contributed by atoms with Crippen molar-refractivity contribution in [3.63, 3.8) is 0 Å². The molecule has 0 aliphatic heterocycles. The van der Waals surface area contributed by atoms with Crippen LogP contribution in [0.15, 0.2) is 22.7 Å². The topological polar surface area (TPSA) is 38.7 Å². The molecule has 1 aromatic rings. The van der Waals surface area contributed by atoms with Gasteiger partial charge in [0, 0.05) is 0 Å². The highest BCUT2D eigenvalue weighted by Gasteiger charge is 2.02. The van der Waals surface area contributed by atoms with E-state index < -0.39 is 0 Å². The Morgan fingerprint density at radius 2 is 2.67 bits per heavy atom. The minimum absolute atomic E-state index is 0.354. The van der Waals surface area contributed by atoms with Crippen LogP contribution in [-0.4, -0.2) is 18.6 Å². The standard InChI is InChI=1S/C8H9NO2S/c1-2-11-9-7(6-10)8-4-3-5-12-8/h3-6H,2H2,1H3/b9-7-. The van der Waals surface area contributed by atoms with Gasteiger partial charge >= 0.3 is 0 Å². The van der Waals surface area contributed by atoms with Crippen molar-refractivity contribution in [2.75, 3.05) is 6.61 Å². The van der Waals surface area contributed by atoms with Gasteiger partial charge in [-0.05, 0) is 18.4 Å². The lowest BCUT2D eigenvalue weighted by atomic mass is 10.3. The normalized spacial score (nSPS) is 11.2. The van der Waals surface area contributed by atoms with Crippen LogP contribution in [0.4, 0.5) is 0 Å². The summed E-state index contributed by atoms with van der Waals surface area (Å²) in [6.45, 7) is 2.29. The third kappa shape index (κ3) is 2.17.